The van der Waals surface area contributed by atoms with Crippen molar-refractivity contribution in [2.45, 2.75) is 111 Å². The average molecular weight is 1420 g/mol. The first-order valence-corrected chi connectivity index (χ1v) is 38.1. The van der Waals surface area contributed by atoms with Crippen LogP contribution in [0.2, 0.25) is 0 Å². The van der Waals surface area contributed by atoms with E-state index < -0.39 is 20.0 Å². The number of aromatic nitrogens is 15. The number of hydrogen-bond acceptors (Lipinski definition) is 23. The highest BCUT2D eigenvalue weighted by Gasteiger charge is 2.30. The topological polar surface area (TPSA) is 338 Å². The number of nitrogens with zero attached hydrogens (tertiary/aromatic N) is 16. The Labute approximate surface area is 592 Å². The van der Waals surface area contributed by atoms with Gasteiger partial charge in [0, 0.05) is 100 Å². The fourth-order valence-electron chi connectivity index (χ4n) is 13.5. The van der Waals surface area contributed by atoms with Gasteiger partial charge in [-0.25, -0.2) is 76.0 Å². The number of H-pyrrole nitrogens is 3. The van der Waals surface area contributed by atoms with E-state index in [1.54, 1.807) is 23.3 Å². The van der Waals surface area contributed by atoms with Crippen molar-refractivity contribution in [1.29, 1.82) is 0 Å². The SMILES string of the molecule is C=C(C)N1CCC(Oc2nc(C(C)Nc3ncnc4nc[nH]c34)cc3cccc(C)c23)CC1.Cc1cccc2cc(C(C)Nc3ncnc4nc[nH]c34)nc(CCN3CCN(S(C)(=O)=O)CC3)c12.Cc1cccc2cc(C(C)Nc3ncnc4nc[nH]c34)nc(OC3CCN(S(C)(=O)=O)CC3)c12. The van der Waals surface area contributed by atoms with Crippen molar-refractivity contribution < 1.29 is 26.3 Å². The summed E-state index contributed by atoms with van der Waals surface area (Å²) in [6.07, 6.45) is 15.8. The number of aryl methyl sites for hydroxylation is 3. The van der Waals surface area contributed by atoms with Gasteiger partial charge in [-0.05, 0) is 112 Å². The molecular weight excluding hydrogens is 1330 g/mol. The van der Waals surface area contributed by atoms with Gasteiger partial charge < -0.3 is 50.2 Å². The van der Waals surface area contributed by atoms with Gasteiger partial charge in [-0.3, -0.25) is 4.98 Å². The van der Waals surface area contributed by atoms with Crippen LogP contribution in [-0.4, -0.2) is 194 Å². The highest BCUT2D eigenvalue weighted by Crippen LogP contribution is 2.36. The van der Waals surface area contributed by atoms with Gasteiger partial charge in [0.25, 0.3) is 0 Å². The maximum Gasteiger partial charge on any atom is 0.222 e. The van der Waals surface area contributed by atoms with E-state index in [9.17, 15) is 16.8 Å². The second-order valence-corrected chi connectivity index (χ2v) is 30.5. The quantitative estimate of drug-likeness (QED) is 0.0438. The second-order valence-electron chi connectivity index (χ2n) is 26.6. The van der Waals surface area contributed by atoms with Crippen molar-refractivity contribution in [3.05, 3.63) is 163 Å². The molecule has 0 amide bonds. The Morgan fingerprint density at radius 2 is 0.882 bits per heavy atom. The average Bonchev–Trinajstić information content (AvgIpc) is 1.04. The molecule has 12 aromatic rings. The fraction of sp³-hybridized carbons (Fsp3) is 0.389. The number of ether oxygens (including phenoxy) is 2. The Morgan fingerprint density at radius 3 is 1.28 bits per heavy atom. The Bertz CT molecular complexity index is 5240. The molecule has 102 heavy (non-hydrogen) atoms. The molecule has 28 nitrogen and oxygen atoms in total. The monoisotopic (exact) mass is 1420 g/mol. The van der Waals surface area contributed by atoms with Crippen molar-refractivity contribution >= 4 is 103 Å². The molecule has 12 heterocycles. The maximum absolute atomic E-state index is 11.9. The Kier molecular flexibility index (Phi) is 20.8. The van der Waals surface area contributed by atoms with Gasteiger partial charge in [-0.15, -0.1) is 0 Å². The Morgan fingerprint density at radius 1 is 0.510 bits per heavy atom. The molecule has 0 aliphatic carbocycles. The van der Waals surface area contributed by atoms with Gasteiger partial charge in [0.1, 0.15) is 47.7 Å². The van der Waals surface area contributed by atoms with Crippen molar-refractivity contribution in [3.63, 3.8) is 0 Å². The number of nitrogens with one attached hydrogen (secondary N) is 6. The first-order valence-electron chi connectivity index (χ1n) is 34.4. The van der Waals surface area contributed by atoms with E-state index in [4.69, 9.17) is 24.4 Å². The predicted molar refractivity (Wildman–Crippen MR) is 397 cm³/mol. The fourth-order valence-corrected chi connectivity index (χ4v) is 15.2. The normalized spacial score (nSPS) is 16.3. The number of fused-ring (bicyclic) bond motifs is 6. The summed E-state index contributed by atoms with van der Waals surface area (Å²) in [4.78, 5) is 67.2. The molecular formula is C72H86N22O6S2. The van der Waals surface area contributed by atoms with E-state index in [1.165, 1.54) is 46.7 Å². The third kappa shape index (κ3) is 16.0. The minimum atomic E-state index is -3.19. The van der Waals surface area contributed by atoms with Crippen LogP contribution < -0.4 is 25.4 Å². The summed E-state index contributed by atoms with van der Waals surface area (Å²) in [7, 11) is -6.32. The Hall–Kier alpha value is -10.1. The maximum atomic E-state index is 11.9. The van der Waals surface area contributed by atoms with Crippen LogP contribution >= 0.6 is 0 Å². The molecule has 0 spiro atoms. The zero-order chi connectivity index (χ0) is 71.4. The van der Waals surface area contributed by atoms with Crippen LogP contribution in [-0.2, 0) is 26.5 Å². The zero-order valence-electron chi connectivity index (χ0n) is 58.8. The van der Waals surface area contributed by atoms with E-state index >= 15 is 0 Å². The molecule has 0 bridgehead atoms. The first kappa shape index (κ1) is 70.3. The summed E-state index contributed by atoms with van der Waals surface area (Å²) in [5.74, 6) is 3.32. The molecule has 3 aliphatic heterocycles. The largest absolute Gasteiger partial charge is 0.474 e. The lowest BCUT2D eigenvalue weighted by molar-refractivity contribution is 0.114. The number of pyridine rings is 3. The lowest BCUT2D eigenvalue weighted by atomic mass is 10.00. The number of sulfonamides is 2. The molecule has 3 fully saturated rings. The number of benzene rings is 3. The summed E-state index contributed by atoms with van der Waals surface area (Å²) >= 11 is 0. The van der Waals surface area contributed by atoms with Crippen LogP contribution in [0.1, 0.15) is 111 Å². The van der Waals surface area contributed by atoms with E-state index in [2.05, 4.69) is 187 Å². The molecule has 3 aromatic carbocycles. The molecule has 3 saturated heterocycles. The number of hydrogen-bond donors (Lipinski definition) is 6. The molecule has 3 unspecified atom stereocenters. The summed E-state index contributed by atoms with van der Waals surface area (Å²) < 4.78 is 63.4. The number of imidazole rings is 3. The standard InChI is InChI=1S/C25H29N7O.C24H30N8O2S.C23H27N7O3S/c1-15(2)32-10-8-19(9-11-32)33-25-21-16(3)6-5-7-18(21)12-20(31-25)17(4)30-24-22-23(27-13-26-22)28-14-29-24;1-16-5-4-6-18-13-20(17(2)29-24-22-23(26-14-25-22)27-15-28-24)30-19(21(16)18)7-8-31-9-11-32(12-10-31)35(3,33)34;1-14-5-4-6-16-11-18(15(2)28-22-20-21(25-12-24-20)26-13-27-22)29-23(19(14)16)33-17-7-9-30(10-8-17)34(3,31)32/h5-7,12-14,17,19H,1,8-11H2,2-4H3,(H2,26,27,28,29,30);4-6,13-15,17H,7-12H2,1-3H3,(H2,25,26,27,28,29);4-6,11-13,15,17H,7-10H2,1-3H3,(H2,24,25,26,27,28). The molecule has 0 radical (unpaired) electrons. The van der Waals surface area contributed by atoms with E-state index in [-0.39, 0.29) is 30.3 Å². The van der Waals surface area contributed by atoms with Crippen LogP contribution in [0.15, 0.2) is 123 Å². The number of likely N-dealkylation sites (tertiary alicyclic amines) is 1. The van der Waals surface area contributed by atoms with Crippen LogP contribution in [0.5, 0.6) is 11.8 Å². The molecule has 9 aromatic heterocycles. The second kappa shape index (κ2) is 30.2. The van der Waals surface area contributed by atoms with E-state index in [0.29, 0.717) is 85.2 Å². The summed E-state index contributed by atoms with van der Waals surface area (Å²) in [5, 5.41) is 16.9. The third-order valence-electron chi connectivity index (χ3n) is 19.2. The molecule has 6 N–H and O–H groups in total. The predicted octanol–water partition coefficient (Wildman–Crippen LogP) is 10.4. The van der Waals surface area contributed by atoms with Crippen molar-refractivity contribution in [1.82, 2.24) is 93.2 Å². The molecule has 3 aliphatic rings. The highest BCUT2D eigenvalue weighted by atomic mass is 32.2. The Balaban J connectivity index is 0.000000137. The molecule has 0 saturated carbocycles. The molecule has 30 heteroatoms. The molecule has 15 rings (SSSR count). The number of aromatic amines is 3. The summed E-state index contributed by atoms with van der Waals surface area (Å²) in [6, 6.07) is 24.7. The minimum Gasteiger partial charge on any atom is -0.474 e. The van der Waals surface area contributed by atoms with Gasteiger partial charge in [-0.2, -0.15) is 4.31 Å². The number of piperidine rings is 2. The van der Waals surface area contributed by atoms with Gasteiger partial charge in [0.05, 0.1) is 72.4 Å². The molecule has 3 atom stereocenters. The highest BCUT2D eigenvalue weighted by molar-refractivity contribution is 7.88. The van der Waals surface area contributed by atoms with Crippen LogP contribution in [0.4, 0.5) is 17.5 Å². The third-order valence-corrected chi connectivity index (χ3v) is 21.8. The zero-order valence-corrected chi connectivity index (χ0v) is 60.4. The van der Waals surface area contributed by atoms with Crippen LogP contribution in [0.25, 0.3) is 65.8 Å². The van der Waals surface area contributed by atoms with Crippen molar-refractivity contribution in [3.8, 4) is 11.8 Å². The van der Waals surface area contributed by atoms with Crippen molar-refractivity contribution in [2.24, 2.45) is 0 Å². The van der Waals surface area contributed by atoms with Gasteiger partial charge in [-0.1, -0.05) is 61.2 Å². The van der Waals surface area contributed by atoms with Crippen LogP contribution in [0, 0.1) is 20.8 Å². The number of piperazine rings is 1. The number of rotatable bonds is 19. The lowest BCUT2D eigenvalue weighted by Gasteiger charge is -2.33. The molecule has 532 valence electrons. The van der Waals surface area contributed by atoms with Crippen molar-refractivity contribution in [2.75, 3.05) is 87.4 Å². The van der Waals surface area contributed by atoms with Gasteiger partial charge in [0.2, 0.25) is 31.8 Å². The minimum absolute atomic E-state index is 0.0848. The van der Waals surface area contributed by atoms with Gasteiger partial charge >= 0.3 is 0 Å². The smallest absolute Gasteiger partial charge is 0.222 e. The van der Waals surface area contributed by atoms with Crippen LogP contribution in [0.3, 0.4) is 0 Å². The van der Waals surface area contributed by atoms with E-state index in [0.717, 1.165) is 135 Å². The lowest BCUT2D eigenvalue weighted by Crippen LogP contribution is -2.48. The first-order chi connectivity index (χ1) is 49.1. The van der Waals surface area contributed by atoms with E-state index in [1.807, 2.05) is 26.0 Å². The number of anilines is 3. The van der Waals surface area contributed by atoms with Gasteiger partial charge in [0.15, 0.2) is 34.4 Å². The summed E-state index contributed by atoms with van der Waals surface area (Å²) in [5.41, 5.74) is 12.4. The number of allylic oxidation sites excluding steroid dienone is 1. The summed E-state index contributed by atoms with van der Waals surface area (Å²) in [6.45, 7) is 24.8.